The number of nitrogens with zero attached hydrogens (tertiary/aromatic N) is 4. The quantitative estimate of drug-likeness (QED) is 0.339. The second-order valence-corrected chi connectivity index (χ2v) is 8.59. The SMILES string of the molecule is CC(C)[N-]C[N-]C(C)(C)C.CCC(CC(CC)[N-]C(C)C)[N-]C(C)C.[Co]. The molecule has 0 aromatic rings. The third-order valence-corrected chi connectivity index (χ3v) is 3.50. The smallest absolute Gasteiger partial charge is 0 e. The van der Waals surface area contributed by atoms with Gasteiger partial charge in [-0.1, -0.05) is 95.4 Å². The van der Waals surface area contributed by atoms with E-state index in [1.54, 1.807) is 0 Å². The molecular weight excluding hydrogens is 367 g/mol. The molecule has 4 nitrogen and oxygen atoms in total. The van der Waals surface area contributed by atoms with Crippen LogP contribution in [0.15, 0.2) is 0 Å². The summed E-state index contributed by atoms with van der Waals surface area (Å²) >= 11 is 0. The minimum Gasteiger partial charge on any atom is -0.678 e. The third kappa shape index (κ3) is 24.3. The van der Waals surface area contributed by atoms with Crippen molar-refractivity contribution in [3.8, 4) is 0 Å². The fourth-order valence-electron chi connectivity index (χ4n) is 2.24. The van der Waals surface area contributed by atoms with Gasteiger partial charge < -0.3 is 21.3 Å². The predicted octanol–water partition coefficient (Wildman–Crippen LogP) is 7.39. The fourth-order valence-corrected chi connectivity index (χ4v) is 2.24. The van der Waals surface area contributed by atoms with E-state index in [1.807, 2.05) is 0 Å². The van der Waals surface area contributed by atoms with Gasteiger partial charge in [0, 0.05) is 16.8 Å². The maximum Gasteiger partial charge on any atom is 0 e. The molecule has 0 saturated carbocycles. The van der Waals surface area contributed by atoms with E-state index in [0.29, 0.717) is 36.9 Å². The van der Waals surface area contributed by atoms with E-state index < -0.39 is 0 Å². The van der Waals surface area contributed by atoms with Gasteiger partial charge in [0.1, 0.15) is 0 Å². The Balaban J connectivity index is -0.000000422. The summed E-state index contributed by atoms with van der Waals surface area (Å²) in [5.74, 6) is 0. The molecule has 5 heteroatoms. The van der Waals surface area contributed by atoms with Crippen molar-refractivity contribution in [1.29, 1.82) is 0 Å². The van der Waals surface area contributed by atoms with Crippen molar-refractivity contribution in [2.75, 3.05) is 6.67 Å². The first-order chi connectivity index (χ1) is 11.4. The molecule has 0 spiro atoms. The van der Waals surface area contributed by atoms with Crippen molar-refractivity contribution >= 4 is 0 Å². The Hall–Kier alpha value is 0.346. The molecule has 26 heavy (non-hydrogen) atoms. The van der Waals surface area contributed by atoms with Crippen LogP contribution < -0.4 is 0 Å². The molecule has 1 radical (unpaired) electrons. The van der Waals surface area contributed by atoms with Gasteiger partial charge in [0.05, 0.1) is 0 Å². The largest absolute Gasteiger partial charge is 0.678 e. The summed E-state index contributed by atoms with van der Waals surface area (Å²) in [7, 11) is 0. The summed E-state index contributed by atoms with van der Waals surface area (Å²) in [4.78, 5) is 0. The molecule has 0 aromatic heterocycles. The maximum absolute atomic E-state index is 4.73. The maximum atomic E-state index is 4.73. The molecule has 0 aliphatic heterocycles. The molecule has 0 heterocycles. The Kier molecular flexibility index (Phi) is 20.8. The van der Waals surface area contributed by atoms with Crippen molar-refractivity contribution in [3.05, 3.63) is 21.3 Å². The van der Waals surface area contributed by atoms with Gasteiger partial charge in [-0.25, -0.2) is 0 Å². The first-order valence-corrected chi connectivity index (χ1v) is 10.2. The first kappa shape index (κ1) is 31.1. The van der Waals surface area contributed by atoms with Gasteiger partial charge in [0.25, 0.3) is 0 Å². The van der Waals surface area contributed by atoms with Gasteiger partial charge in [0.15, 0.2) is 0 Å². The van der Waals surface area contributed by atoms with E-state index in [0.717, 1.165) is 19.3 Å². The van der Waals surface area contributed by atoms with Gasteiger partial charge in [-0.2, -0.15) is 0 Å². The molecule has 2 atom stereocenters. The second-order valence-electron chi connectivity index (χ2n) is 8.59. The summed E-state index contributed by atoms with van der Waals surface area (Å²) in [5, 5.41) is 18.0. The van der Waals surface area contributed by atoms with Crippen LogP contribution in [0.3, 0.4) is 0 Å². The van der Waals surface area contributed by atoms with E-state index in [4.69, 9.17) is 10.6 Å². The predicted molar refractivity (Wildman–Crippen MR) is 116 cm³/mol. The molecule has 0 amide bonds. The van der Waals surface area contributed by atoms with E-state index in [1.165, 1.54) is 0 Å². The standard InChI is InChI=1S/C13H28N2.C8H18N2.Co/c1-7-12(14-10(3)4)9-13(8-2)15-11(5)6;1-7(2)9-6-10-8(3,4)5;/h10-13H,7-9H2,1-6H3;7H,6H2,1-5H3;/q2*-2;. The summed E-state index contributed by atoms with van der Waals surface area (Å²) in [5.41, 5.74) is 0.0678. The normalized spacial score (nSPS) is 14.1. The zero-order valence-electron chi connectivity index (χ0n) is 19.3. The van der Waals surface area contributed by atoms with Crippen molar-refractivity contribution in [1.82, 2.24) is 0 Å². The van der Waals surface area contributed by atoms with E-state index in [2.05, 4.69) is 86.8 Å². The molecular formula is C21H46CoN4-4. The van der Waals surface area contributed by atoms with Gasteiger partial charge in [0.2, 0.25) is 0 Å². The van der Waals surface area contributed by atoms with Crippen LogP contribution in [-0.4, -0.2) is 42.4 Å². The topological polar surface area (TPSA) is 56.4 Å². The van der Waals surface area contributed by atoms with E-state index >= 15 is 0 Å². The molecule has 0 saturated heterocycles. The van der Waals surface area contributed by atoms with Crippen LogP contribution in [0.5, 0.6) is 0 Å². The van der Waals surface area contributed by atoms with E-state index in [9.17, 15) is 0 Å². The Morgan fingerprint density at radius 3 is 1.31 bits per heavy atom. The van der Waals surface area contributed by atoms with Gasteiger partial charge >= 0.3 is 0 Å². The number of hydrogen-bond acceptors (Lipinski definition) is 0. The molecule has 0 bridgehead atoms. The molecule has 0 N–H and O–H groups in total. The molecule has 163 valence electrons. The molecule has 2 unspecified atom stereocenters. The van der Waals surface area contributed by atoms with Crippen LogP contribution in [0.1, 0.15) is 95.4 Å². The summed E-state index contributed by atoms with van der Waals surface area (Å²) in [6.45, 7) is 24.1. The van der Waals surface area contributed by atoms with Crippen LogP contribution in [-0.2, 0) is 16.8 Å². The van der Waals surface area contributed by atoms with E-state index in [-0.39, 0.29) is 22.3 Å². The molecule has 0 fully saturated rings. The monoisotopic (exact) mass is 413 g/mol. The number of rotatable bonds is 11. The van der Waals surface area contributed by atoms with Crippen LogP contribution >= 0.6 is 0 Å². The second kappa shape index (κ2) is 17.4. The minimum absolute atomic E-state index is 0. The first-order valence-electron chi connectivity index (χ1n) is 10.2. The number of hydrogen-bond donors (Lipinski definition) is 0. The van der Waals surface area contributed by atoms with Crippen LogP contribution in [0, 0.1) is 0 Å². The molecule has 0 aliphatic rings. The Morgan fingerprint density at radius 2 is 1.08 bits per heavy atom. The summed E-state index contributed by atoms with van der Waals surface area (Å²) < 4.78 is 0. The Labute approximate surface area is 176 Å². The molecule has 0 rings (SSSR count). The minimum atomic E-state index is 0. The molecule has 0 aliphatic carbocycles. The fraction of sp³-hybridized carbons (Fsp3) is 1.00. The average molecular weight is 414 g/mol. The van der Waals surface area contributed by atoms with Crippen LogP contribution in [0.4, 0.5) is 0 Å². The van der Waals surface area contributed by atoms with Gasteiger partial charge in [-0.15, -0.1) is 35.7 Å². The summed E-state index contributed by atoms with van der Waals surface area (Å²) in [6.07, 6.45) is 3.41. The Morgan fingerprint density at radius 1 is 0.692 bits per heavy atom. The summed E-state index contributed by atoms with van der Waals surface area (Å²) in [6, 6.07) is 2.30. The van der Waals surface area contributed by atoms with Gasteiger partial charge in [-0.3, -0.25) is 6.67 Å². The van der Waals surface area contributed by atoms with Crippen molar-refractivity contribution in [2.24, 2.45) is 0 Å². The van der Waals surface area contributed by atoms with Crippen molar-refractivity contribution in [3.63, 3.8) is 0 Å². The average Bonchev–Trinajstić information content (AvgIpc) is 2.43. The zero-order chi connectivity index (χ0) is 20.0. The molecule has 0 aromatic carbocycles. The zero-order valence-corrected chi connectivity index (χ0v) is 20.4. The third-order valence-electron chi connectivity index (χ3n) is 3.50. The van der Waals surface area contributed by atoms with Crippen LogP contribution in [0.2, 0.25) is 0 Å². The van der Waals surface area contributed by atoms with Crippen molar-refractivity contribution < 1.29 is 16.8 Å². The van der Waals surface area contributed by atoms with Gasteiger partial charge in [-0.05, 0) is 0 Å². The van der Waals surface area contributed by atoms with Crippen molar-refractivity contribution in [2.45, 2.75) is 131 Å². The Bertz CT molecular complexity index is 272. The van der Waals surface area contributed by atoms with Crippen LogP contribution in [0.25, 0.3) is 21.3 Å².